The summed E-state index contributed by atoms with van der Waals surface area (Å²) in [5.41, 5.74) is 1.93. The Morgan fingerprint density at radius 2 is 1.95 bits per heavy atom. The topological polar surface area (TPSA) is 59.3 Å². The SMILES string of the molecule is CC1CCN(c2nc(-c3ccc([N+](=O)[O-])cc3)cs2)CC1. The standard InChI is InChI=1S/C15H17N3O2S/c1-11-6-8-17(9-7-11)15-16-14(10-21-15)12-2-4-13(5-3-12)18(19)20/h2-5,10-11H,6-9H2,1H3. The van der Waals surface area contributed by atoms with Crippen LogP contribution in [-0.4, -0.2) is 23.0 Å². The second kappa shape index (κ2) is 5.81. The minimum absolute atomic E-state index is 0.110. The Bertz CT molecular complexity index is 631. The number of aromatic nitrogens is 1. The molecule has 0 atom stereocenters. The number of anilines is 1. The average Bonchev–Trinajstić information content (AvgIpc) is 2.98. The Morgan fingerprint density at radius 1 is 1.29 bits per heavy atom. The number of piperidine rings is 1. The maximum Gasteiger partial charge on any atom is 0.269 e. The molecule has 6 heteroatoms. The molecule has 1 saturated heterocycles. The third-order valence-electron chi connectivity index (χ3n) is 3.92. The molecular formula is C15H17N3O2S. The second-order valence-corrected chi connectivity index (χ2v) is 6.33. The van der Waals surface area contributed by atoms with E-state index in [0.29, 0.717) is 0 Å². The van der Waals surface area contributed by atoms with E-state index in [1.165, 1.54) is 25.0 Å². The summed E-state index contributed by atoms with van der Waals surface area (Å²) in [6.07, 6.45) is 2.43. The molecule has 0 N–H and O–H groups in total. The van der Waals surface area contributed by atoms with Gasteiger partial charge in [0.25, 0.3) is 5.69 Å². The van der Waals surface area contributed by atoms with Crippen molar-refractivity contribution in [1.82, 2.24) is 4.98 Å². The van der Waals surface area contributed by atoms with Gasteiger partial charge in [-0.05, 0) is 30.9 Å². The van der Waals surface area contributed by atoms with Crippen molar-refractivity contribution in [3.63, 3.8) is 0 Å². The molecule has 1 aromatic heterocycles. The molecule has 0 saturated carbocycles. The van der Waals surface area contributed by atoms with Crippen LogP contribution in [0.5, 0.6) is 0 Å². The number of nitro groups is 1. The number of non-ortho nitro benzene ring substituents is 1. The maximum atomic E-state index is 10.7. The van der Waals surface area contributed by atoms with Crippen LogP contribution < -0.4 is 4.90 Å². The lowest BCUT2D eigenvalue weighted by Gasteiger charge is -2.29. The van der Waals surface area contributed by atoms with Gasteiger partial charge in [-0.1, -0.05) is 6.92 Å². The van der Waals surface area contributed by atoms with E-state index in [-0.39, 0.29) is 10.6 Å². The largest absolute Gasteiger partial charge is 0.348 e. The number of rotatable bonds is 3. The highest BCUT2D eigenvalue weighted by Crippen LogP contribution is 2.30. The fourth-order valence-electron chi connectivity index (χ4n) is 2.50. The number of nitrogens with zero attached hydrogens (tertiary/aromatic N) is 3. The second-order valence-electron chi connectivity index (χ2n) is 5.49. The van der Waals surface area contributed by atoms with Gasteiger partial charge in [-0.3, -0.25) is 10.1 Å². The van der Waals surface area contributed by atoms with Gasteiger partial charge in [0.05, 0.1) is 10.6 Å². The zero-order chi connectivity index (χ0) is 14.8. The predicted molar refractivity (Wildman–Crippen MR) is 84.8 cm³/mol. The van der Waals surface area contributed by atoms with E-state index in [2.05, 4.69) is 16.8 Å². The summed E-state index contributed by atoms with van der Waals surface area (Å²) >= 11 is 1.64. The first-order valence-corrected chi connectivity index (χ1v) is 7.97. The van der Waals surface area contributed by atoms with Crippen molar-refractivity contribution in [2.24, 2.45) is 5.92 Å². The summed E-state index contributed by atoms with van der Waals surface area (Å²) in [5, 5.41) is 13.7. The molecule has 2 aromatic rings. The van der Waals surface area contributed by atoms with Crippen LogP contribution in [0.2, 0.25) is 0 Å². The lowest BCUT2D eigenvalue weighted by Crippen LogP contribution is -2.32. The lowest BCUT2D eigenvalue weighted by atomic mass is 10.00. The molecule has 0 spiro atoms. The minimum atomic E-state index is -0.384. The smallest absolute Gasteiger partial charge is 0.269 e. The van der Waals surface area contributed by atoms with Crippen molar-refractivity contribution >= 4 is 22.2 Å². The van der Waals surface area contributed by atoms with Gasteiger partial charge in [-0.25, -0.2) is 4.98 Å². The quantitative estimate of drug-likeness (QED) is 0.636. The van der Waals surface area contributed by atoms with E-state index in [1.807, 2.05) is 5.38 Å². The zero-order valence-corrected chi connectivity index (χ0v) is 12.7. The summed E-state index contributed by atoms with van der Waals surface area (Å²) in [7, 11) is 0. The van der Waals surface area contributed by atoms with Crippen molar-refractivity contribution in [1.29, 1.82) is 0 Å². The van der Waals surface area contributed by atoms with Crippen LogP contribution in [0.1, 0.15) is 19.8 Å². The van der Waals surface area contributed by atoms with Crippen LogP contribution in [0.15, 0.2) is 29.6 Å². The summed E-state index contributed by atoms with van der Waals surface area (Å²) in [4.78, 5) is 17.3. The Hall–Kier alpha value is -1.95. The fourth-order valence-corrected chi connectivity index (χ4v) is 3.38. The van der Waals surface area contributed by atoms with Crippen LogP contribution in [0.4, 0.5) is 10.8 Å². The van der Waals surface area contributed by atoms with Gasteiger partial charge in [0.1, 0.15) is 0 Å². The molecule has 1 aliphatic heterocycles. The van der Waals surface area contributed by atoms with Crippen LogP contribution >= 0.6 is 11.3 Å². The van der Waals surface area contributed by atoms with Crippen molar-refractivity contribution in [3.8, 4) is 11.3 Å². The molecule has 110 valence electrons. The van der Waals surface area contributed by atoms with Crippen molar-refractivity contribution in [2.45, 2.75) is 19.8 Å². The van der Waals surface area contributed by atoms with Gasteiger partial charge in [-0.15, -0.1) is 11.3 Å². The molecule has 1 aromatic carbocycles. The van der Waals surface area contributed by atoms with E-state index in [9.17, 15) is 10.1 Å². The molecule has 2 heterocycles. The molecule has 21 heavy (non-hydrogen) atoms. The predicted octanol–water partition coefficient (Wildman–Crippen LogP) is 3.95. The van der Waals surface area contributed by atoms with Crippen LogP contribution in [-0.2, 0) is 0 Å². The maximum absolute atomic E-state index is 10.7. The number of thiazole rings is 1. The first kappa shape index (κ1) is 14.0. The zero-order valence-electron chi connectivity index (χ0n) is 11.9. The number of hydrogen-bond acceptors (Lipinski definition) is 5. The Morgan fingerprint density at radius 3 is 2.57 bits per heavy atom. The molecule has 3 rings (SSSR count). The van der Waals surface area contributed by atoms with E-state index in [0.717, 1.165) is 35.4 Å². The van der Waals surface area contributed by atoms with Gasteiger partial charge in [-0.2, -0.15) is 0 Å². The monoisotopic (exact) mass is 303 g/mol. The third-order valence-corrected chi connectivity index (χ3v) is 4.82. The van der Waals surface area contributed by atoms with Gasteiger partial charge in [0.15, 0.2) is 5.13 Å². The van der Waals surface area contributed by atoms with Crippen molar-refractivity contribution < 1.29 is 4.92 Å². The molecule has 0 radical (unpaired) electrons. The highest BCUT2D eigenvalue weighted by Gasteiger charge is 2.18. The first-order valence-electron chi connectivity index (χ1n) is 7.09. The van der Waals surface area contributed by atoms with Gasteiger partial charge in [0.2, 0.25) is 0 Å². The molecule has 1 fully saturated rings. The fraction of sp³-hybridized carbons (Fsp3) is 0.400. The molecule has 0 unspecified atom stereocenters. The van der Waals surface area contributed by atoms with Gasteiger partial charge >= 0.3 is 0 Å². The van der Waals surface area contributed by atoms with Crippen molar-refractivity contribution in [2.75, 3.05) is 18.0 Å². The normalized spacial score (nSPS) is 16.1. The number of nitro benzene ring substituents is 1. The molecule has 5 nitrogen and oxygen atoms in total. The van der Waals surface area contributed by atoms with Gasteiger partial charge in [0, 0.05) is 36.2 Å². The average molecular weight is 303 g/mol. The Balaban J connectivity index is 1.76. The number of hydrogen-bond donors (Lipinski definition) is 0. The third kappa shape index (κ3) is 3.05. The van der Waals surface area contributed by atoms with E-state index >= 15 is 0 Å². The van der Waals surface area contributed by atoms with E-state index < -0.39 is 0 Å². The highest BCUT2D eigenvalue weighted by molar-refractivity contribution is 7.14. The summed E-state index contributed by atoms with van der Waals surface area (Å²) in [5.74, 6) is 0.801. The lowest BCUT2D eigenvalue weighted by molar-refractivity contribution is -0.384. The first-order chi connectivity index (χ1) is 10.1. The molecule has 0 aliphatic carbocycles. The van der Waals surface area contributed by atoms with Crippen LogP contribution in [0, 0.1) is 16.0 Å². The molecule has 1 aliphatic rings. The summed E-state index contributed by atoms with van der Waals surface area (Å²) in [6, 6.07) is 6.57. The van der Waals surface area contributed by atoms with E-state index in [1.54, 1.807) is 23.5 Å². The van der Waals surface area contributed by atoms with Crippen LogP contribution in [0.3, 0.4) is 0 Å². The van der Waals surface area contributed by atoms with Crippen LogP contribution in [0.25, 0.3) is 11.3 Å². The Labute approximate surface area is 127 Å². The Kier molecular flexibility index (Phi) is 3.88. The van der Waals surface area contributed by atoms with Crippen molar-refractivity contribution in [3.05, 3.63) is 39.8 Å². The summed E-state index contributed by atoms with van der Waals surface area (Å²) in [6.45, 7) is 4.42. The number of benzene rings is 1. The molecule has 0 bridgehead atoms. The highest BCUT2D eigenvalue weighted by atomic mass is 32.1. The molecule has 0 amide bonds. The molecular weight excluding hydrogens is 286 g/mol. The summed E-state index contributed by atoms with van der Waals surface area (Å²) < 4.78 is 0. The minimum Gasteiger partial charge on any atom is -0.348 e. The van der Waals surface area contributed by atoms with Gasteiger partial charge < -0.3 is 4.90 Å². The van der Waals surface area contributed by atoms with E-state index in [4.69, 9.17) is 0 Å².